The summed E-state index contributed by atoms with van der Waals surface area (Å²) in [5, 5.41) is 0. The average Bonchev–Trinajstić information content (AvgIpc) is 1.94. The molecule has 0 N–H and O–H groups in total. The first-order chi connectivity index (χ1) is 4.39. The van der Waals surface area contributed by atoms with Gasteiger partial charge in [0.25, 0.3) is 0 Å². The normalized spacial score (nSPS) is 7.44. The van der Waals surface area contributed by atoms with Gasteiger partial charge in [0.05, 0.1) is 0 Å². The zero-order valence-electron chi connectivity index (χ0n) is 5.18. The van der Waals surface area contributed by atoms with Gasteiger partial charge in [-0.3, -0.25) is 0 Å². The van der Waals surface area contributed by atoms with Crippen molar-refractivity contribution in [2.75, 3.05) is 0 Å². The molecule has 0 aliphatic carbocycles. The van der Waals surface area contributed by atoms with Crippen LogP contribution >= 0.6 is 0 Å². The molecule has 1 aromatic carbocycles. The van der Waals surface area contributed by atoms with Crippen LogP contribution in [0.1, 0.15) is 5.56 Å². The van der Waals surface area contributed by atoms with E-state index in [-0.39, 0.29) is 18.8 Å². The maximum atomic E-state index is 9.62. The molecule has 0 unspecified atom stereocenters. The summed E-state index contributed by atoms with van der Waals surface area (Å²) in [7, 11) is 0. The van der Waals surface area contributed by atoms with E-state index in [9.17, 15) is 3.32 Å². The Balaban J connectivity index is 0.000000291. The molecule has 0 nitrogen and oxygen atoms in total. The van der Waals surface area contributed by atoms with Gasteiger partial charge in [0.1, 0.15) is 0 Å². The molecule has 0 aliphatic rings. The minimum atomic E-state index is -0.125. The second-order valence-corrected chi connectivity index (χ2v) is 1.49. The summed E-state index contributed by atoms with van der Waals surface area (Å²) in [5.74, 6) is 0. The van der Waals surface area contributed by atoms with Crippen LogP contribution < -0.4 is 0 Å². The molecule has 0 bridgehead atoms. The monoisotopic (exact) mass is 174 g/mol. The molecule has 0 aromatic heterocycles. The van der Waals surface area contributed by atoms with Gasteiger partial charge in [-0.25, -0.2) is 0 Å². The molecule has 0 saturated heterocycles. The van der Waals surface area contributed by atoms with Gasteiger partial charge in [-0.05, 0) is 0 Å². The zero-order valence-corrected chi connectivity index (χ0v) is 8.15. The molecule has 0 spiro atoms. The van der Waals surface area contributed by atoms with Gasteiger partial charge in [0.15, 0.2) is 0 Å². The number of hydrogen-bond acceptors (Lipinski definition) is 0. The first-order valence-electron chi connectivity index (χ1n) is 2.53. The second kappa shape index (κ2) is 5.77. The Morgan fingerprint density at radius 1 is 1.11 bits per heavy atom. The number of benzene rings is 1. The van der Waals surface area contributed by atoms with Gasteiger partial charge in [-0.2, -0.15) is 24.6 Å². The van der Waals surface area contributed by atoms with Crippen LogP contribution in [0.25, 0.3) is 0 Å². The topological polar surface area (TPSA) is 0 Å². The summed E-state index contributed by atoms with van der Waals surface area (Å²) < 4.78 is 9.62. The summed E-state index contributed by atoms with van der Waals surface area (Å²) in [6, 6.07) is 9.87. The van der Waals surface area contributed by atoms with Gasteiger partial charge in [-0.1, -0.05) is 6.07 Å². The van der Waals surface area contributed by atoms with Crippen molar-refractivity contribution in [1.29, 1.82) is 0 Å². The summed E-state index contributed by atoms with van der Waals surface area (Å²) in [6.07, 6.45) is 0. The van der Waals surface area contributed by atoms with E-state index in [0.29, 0.717) is 0 Å². The summed E-state index contributed by atoms with van der Waals surface area (Å²) in [6.45, 7) is 3.72. The van der Waals surface area contributed by atoms with E-state index in [1.807, 2.05) is 30.3 Å². The fourth-order valence-electron chi connectivity index (χ4n) is 0.478. The van der Waals surface area contributed by atoms with Crippen LogP contribution in [0.15, 0.2) is 30.3 Å². The van der Waals surface area contributed by atoms with Crippen LogP contribution in [-0.2, 0) is 18.8 Å². The van der Waals surface area contributed by atoms with Crippen LogP contribution in [0.5, 0.6) is 0 Å². The average molecular weight is 176 g/mol. The summed E-state index contributed by atoms with van der Waals surface area (Å²) in [5.41, 5.74) is 1.07. The number of hydrogen-bond donors (Lipinski definition) is 0. The standard InChI is InChI=1S/C7H7.FH.Zn/c1-7-5-3-2-4-6-7;;/h2-6H,1H2;1H;/q-1;;+2/p-1. The molecular weight excluding hydrogens is 168 g/mol. The zero-order chi connectivity index (χ0) is 7.11. The molecule has 0 aliphatic heterocycles. The van der Waals surface area contributed by atoms with Crippen molar-refractivity contribution in [1.82, 2.24) is 0 Å². The Hall–Kier alpha value is -0.357. The predicted octanol–water partition coefficient (Wildman–Crippen LogP) is 2.29. The molecule has 0 amide bonds. The third kappa shape index (κ3) is 4.17. The van der Waals surface area contributed by atoms with Crippen LogP contribution in [0, 0.1) is 6.92 Å². The first kappa shape index (κ1) is 8.64. The Morgan fingerprint density at radius 3 is 1.78 bits per heavy atom. The fraction of sp³-hybridized carbons (Fsp3) is 0. The van der Waals surface area contributed by atoms with Crippen LogP contribution in [-0.4, -0.2) is 0 Å². The third-order valence-corrected chi connectivity index (χ3v) is 0.843. The van der Waals surface area contributed by atoms with Gasteiger partial charge in [0.2, 0.25) is 0 Å². The fourth-order valence-corrected chi connectivity index (χ4v) is 0.478. The van der Waals surface area contributed by atoms with E-state index in [1.165, 1.54) is 0 Å². The quantitative estimate of drug-likeness (QED) is 0.419. The van der Waals surface area contributed by atoms with Crippen molar-refractivity contribution in [3.05, 3.63) is 42.8 Å². The molecule has 0 fully saturated rings. The van der Waals surface area contributed by atoms with E-state index in [0.717, 1.165) is 5.56 Å². The van der Waals surface area contributed by atoms with Gasteiger partial charge in [0, 0.05) is 0 Å². The van der Waals surface area contributed by atoms with Crippen LogP contribution in [0.2, 0.25) is 0 Å². The van der Waals surface area contributed by atoms with Crippen molar-refractivity contribution in [3.63, 3.8) is 0 Å². The van der Waals surface area contributed by atoms with Gasteiger partial charge >= 0.3 is 22.1 Å². The van der Waals surface area contributed by atoms with Crippen LogP contribution in [0.3, 0.4) is 0 Å². The Bertz CT molecular complexity index is 139. The molecule has 44 valence electrons. The molecule has 1 rings (SSSR count). The van der Waals surface area contributed by atoms with E-state index in [4.69, 9.17) is 0 Å². The molecule has 0 heterocycles. The number of halogens is 1. The molecule has 1 aromatic rings. The molecular formula is C7H7FZn. The third-order valence-electron chi connectivity index (χ3n) is 0.843. The van der Waals surface area contributed by atoms with Gasteiger partial charge in [-0.15, -0.1) is 12.1 Å². The second-order valence-electron chi connectivity index (χ2n) is 1.49. The van der Waals surface area contributed by atoms with Crippen molar-refractivity contribution >= 4 is 0 Å². The Labute approximate surface area is 65.3 Å². The van der Waals surface area contributed by atoms with Crippen LogP contribution in [0.4, 0.5) is 3.32 Å². The first-order valence-corrected chi connectivity index (χ1v) is 3.65. The summed E-state index contributed by atoms with van der Waals surface area (Å²) in [4.78, 5) is 0. The molecule has 0 saturated carbocycles. The SMILES string of the molecule is [CH2-]c1ccccc1.[F][Zn+]. The minimum absolute atomic E-state index is 0.125. The Kier molecular flexibility index (Phi) is 5.55. The molecule has 9 heavy (non-hydrogen) atoms. The summed E-state index contributed by atoms with van der Waals surface area (Å²) >= 11 is -0.125. The van der Waals surface area contributed by atoms with E-state index in [2.05, 4.69) is 6.92 Å². The maximum absolute atomic E-state index is 9.62. The van der Waals surface area contributed by atoms with E-state index < -0.39 is 0 Å². The van der Waals surface area contributed by atoms with Crippen molar-refractivity contribution in [3.8, 4) is 0 Å². The molecule has 2 heteroatoms. The molecule has 0 radical (unpaired) electrons. The van der Waals surface area contributed by atoms with E-state index in [1.54, 1.807) is 0 Å². The van der Waals surface area contributed by atoms with Gasteiger partial charge < -0.3 is 0 Å². The van der Waals surface area contributed by atoms with Crippen molar-refractivity contribution in [2.45, 2.75) is 0 Å². The predicted molar refractivity (Wildman–Crippen MR) is 32.0 cm³/mol. The van der Waals surface area contributed by atoms with E-state index >= 15 is 0 Å². The van der Waals surface area contributed by atoms with Crippen molar-refractivity contribution < 1.29 is 22.1 Å². The number of rotatable bonds is 0. The molecule has 0 atom stereocenters. The van der Waals surface area contributed by atoms with Crippen molar-refractivity contribution in [2.24, 2.45) is 0 Å². The Morgan fingerprint density at radius 2 is 1.56 bits per heavy atom.